The normalized spacial score (nSPS) is 28.1. The van der Waals surface area contributed by atoms with Crippen molar-refractivity contribution in [2.24, 2.45) is 0 Å². The van der Waals surface area contributed by atoms with Crippen LogP contribution in [0.15, 0.2) is 15.8 Å². The molecule has 7 unspecified atom stereocenters. The van der Waals surface area contributed by atoms with E-state index < -0.39 is 56.8 Å². The number of aliphatic hydroxyl groups is 1. The first-order chi connectivity index (χ1) is 12.7. The van der Waals surface area contributed by atoms with E-state index in [1.54, 1.807) is 13.8 Å². The smallest absolute Gasteiger partial charge is 0.394 e. The fourth-order valence-corrected chi connectivity index (χ4v) is 3.24. The third-order valence-corrected chi connectivity index (χ3v) is 4.93. The van der Waals surface area contributed by atoms with Gasteiger partial charge in [0.25, 0.3) is 5.56 Å². The van der Waals surface area contributed by atoms with E-state index in [-0.39, 0.29) is 11.7 Å². The van der Waals surface area contributed by atoms with Crippen LogP contribution in [0.1, 0.15) is 25.6 Å². The van der Waals surface area contributed by atoms with E-state index in [1.165, 1.54) is 20.2 Å². The van der Waals surface area contributed by atoms with E-state index in [1.807, 2.05) is 0 Å². The van der Waals surface area contributed by atoms with Crippen molar-refractivity contribution in [1.29, 1.82) is 0 Å². The number of aromatic nitrogens is 2. The summed E-state index contributed by atoms with van der Waals surface area (Å²) in [5.74, 6) is 0. The molecule has 3 N–H and O–H groups in total. The minimum Gasteiger partial charge on any atom is -0.394 e. The van der Waals surface area contributed by atoms with Crippen molar-refractivity contribution in [1.82, 2.24) is 9.55 Å². The fourth-order valence-electron chi connectivity index (χ4n) is 2.78. The Morgan fingerprint density at radius 3 is 2.56 bits per heavy atom. The molecule has 0 saturated carbocycles. The Kier molecular flexibility index (Phi) is 7.40. The van der Waals surface area contributed by atoms with Gasteiger partial charge in [-0.1, -0.05) is 0 Å². The number of H-pyrrole nitrogens is 1. The van der Waals surface area contributed by atoms with Crippen molar-refractivity contribution in [3.05, 3.63) is 32.6 Å². The van der Waals surface area contributed by atoms with Crippen LogP contribution < -0.4 is 11.2 Å². The number of methoxy groups -OCH3 is 1. The average molecular weight is 407 g/mol. The Bertz CT molecular complexity index is 779. The second-order valence-corrected chi connectivity index (χ2v) is 6.97. The Morgan fingerprint density at radius 2 is 2.00 bits per heavy atom. The van der Waals surface area contributed by atoms with Gasteiger partial charge in [0, 0.05) is 23.4 Å². The van der Waals surface area contributed by atoms with Crippen LogP contribution in [0.3, 0.4) is 0 Å². The summed E-state index contributed by atoms with van der Waals surface area (Å²) < 4.78 is 34.2. The molecule has 0 radical (unpaired) electrons. The number of aromatic amines is 1. The SMILES string of the molecule is COC(C)C(C)OC1C(O[P+](=O)O)C(CO)OC1n1cc(C)c(=O)[nH]c1=O. The predicted octanol–water partition coefficient (Wildman–Crippen LogP) is -0.422. The maximum absolute atomic E-state index is 12.3. The van der Waals surface area contributed by atoms with Gasteiger partial charge in [-0.15, -0.1) is 9.42 Å². The molecule has 2 rings (SSSR count). The van der Waals surface area contributed by atoms with Crippen LogP contribution in [0.25, 0.3) is 0 Å². The quantitative estimate of drug-likeness (QED) is 0.488. The largest absolute Gasteiger partial charge is 0.695 e. The molecule has 0 aromatic carbocycles. The lowest BCUT2D eigenvalue weighted by molar-refractivity contribution is -0.127. The molecular weight excluding hydrogens is 383 g/mol. The molecule has 27 heavy (non-hydrogen) atoms. The highest BCUT2D eigenvalue weighted by atomic mass is 31.1. The summed E-state index contributed by atoms with van der Waals surface area (Å²) in [6, 6.07) is 0. The zero-order valence-electron chi connectivity index (χ0n) is 15.4. The second-order valence-electron chi connectivity index (χ2n) is 6.28. The molecule has 0 bridgehead atoms. The van der Waals surface area contributed by atoms with E-state index in [9.17, 15) is 24.2 Å². The number of aryl methyl sites for hydroxylation is 1. The maximum atomic E-state index is 12.3. The van der Waals surface area contributed by atoms with Gasteiger partial charge in [0.05, 0.1) is 18.8 Å². The van der Waals surface area contributed by atoms with Gasteiger partial charge in [-0.2, -0.15) is 0 Å². The van der Waals surface area contributed by atoms with Crippen molar-refractivity contribution < 1.29 is 33.3 Å². The number of ether oxygens (including phenoxy) is 3. The van der Waals surface area contributed by atoms with Crippen LogP contribution in [-0.2, 0) is 23.3 Å². The third kappa shape index (κ3) is 4.88. The summed E-state index contributed by atoms with van der Waals surface area (Å²) >= 11 is 0. The summed E-state index contributed by atoms with van der Waals surface area (Å²) in [4.78, 5) is 35.2. The van der Waals surface area contributed by atoms with Crippen LogP contribution in [0, 0.1) is 6.92 Å². The van der Waals surface area contributed by atoms with Crippen molar-refractivity contribution in [3.63, 3.8) is 0 Å². The standard InChI is InChI=1S/C15H23N2O9P/c1-7-5-17(15(20)16-13(7)19)14-12(24-9(3)8(2)23-4)11(26-27(21)22)10(6-18)25-14/h5,8-12,14,18H,6H2,1-4H3,(H-,16,19,20,21,22)/p+1. The number of rotatable bonds is 8. The molecule has 1 saturated heterocycles. The summed E-state index contributed by atoms with van der Waals surface area (Å²) in [5.41, 5.74) is -1.03. The molecule has 0 spiro atoms. The number of nitrogens with one attached hydrogen (secondary N) is 1. The molecule has 1 aromatic rings. The molecular formula is C15H24N2O9P+. The first-order valence-corrected chi connectivity index (χ1v) is 9.42. The zero-order chi connectivity index (χ0) is 20.3. The fraction of sp³-hybridized carbons (Fsp3) is 0.733. The van der Waals surface area contributed by atoms with E-state index >= 15 is 0 Å². The Balaban J connectivity index is 2.46. The summed E-state index contributed by atoms with van der Waals surface area (Å²) in [6.45, 7) is 4.46. The van der Waals surface area contributed by atoms with Crippen molar-refractivity contribution in [2.75, 3.05) is 13.7 Å². The lowest BCUT2D eigenvalue weighted by Crippen LogP contribution is -2.43. The van der Waals surface area contributed by atoms with Gasteiger partial charge < -0.3 is 19.3 Å². The number of hydrogen-bond donors (Lipinski definition) is 3. The summed E-state index contributed by atoms with van der Waals surface area (Å²) in [7, 11) is -1.52. The predicted molar refractivity (Wildman–Crippen MR) is 92.6 cm³/mol. The number of aliphatic hydroxyl groups excluding tert-OH is 1. The highest BCUT2D eigenvalue weighted by Gasteiger charge is 2.52. The molecule has 1 aliphatic heterocycles. The first kappa shape index (κ1) is 21.8. The molecule has 7 atom stereocenters. The molecule has 11 nitrogen and oxygen atoms in total. The zero-order valence-corrected chi connectivity index (χ0v) is 16.3. The van der Waals surface area contributed by atoms with Crippen molar-refractivity contribution in [3.8, 4) is 0 Å². The van der Waals surface area contributed by atoms with Gasteiger partial charge >= 0.3 is 13.9 Å². The van der Waals surface area contributed by atoms with Gasteiger partial charge in [0.1, 0.15) is 12.2 Å². The topological polar surface area (TPSA) is 149 Å². The number of hydrogen-bond acceptors (Lipinski definition) is 8. The molecule has 152 valence electrons. The van der Waals surface area contributed by atoms with Crippen molar-refractivity contribution in [2.45, 2.75) is 57.5 Å². The monoisotopic (exact) mass is 407 g/mol. The Morgan fingerprint density at radius 1 is 1.33 bits per heavy atom. The third-order valence-electron chi connectivity index (χ3n) is 4.50. The van der Waals surface area contributed by atoms with E-state index in [4.69, 9.17) is 18.7 Å². The average Bonchev–Trinajstić information content (AvgIpc) is 2.94. The van der Waals surface area contributed by atoms with E-state index in [0.717, 1.165) is 4.57 Å². The summed E-state index contributed by atoms with van der Waals surface area (Å²) in [6.07, 6.45) is -3.81. The van der Waals surface area contributed by atoms with Gasteiger partial charge in [-0.25, -0.2) is 4.79 Å². The van der Waals surface area contributed by atoms with Crippen LogP contribution >= 0.6 is 8.25 Å². The molecule has 2 heterocycles. The van der Waals surface area contributed by atoms with E-state index in [2.05, 4.69) is 4.98 Å². The molecule has 1 aliphatic rings. The minimum absolute atomic E-state index is 0.258. The molecule has 0 amide bonds. The molecule has 1 fully saturated rings. The van der Waals surface area contributed by atoms with Gasteiger partial charge in [-0.05, 0) is 20.8 Å². The lowest BCUT2D eigenvalue weighted by atomic mass is 10.1. The number of nitrogens with zero attached hydrogens (tertiary/aromatic N) is 1. The summed E-state index contributed by atoms with van der Waals surface area (Å²) in [5, 5.41) is 9.58. The van der Waals surface area contributed by atoms with E-state index in [0.29, 0.717) is 0 Å². The molecule has 0 aliphatic carbocycles. The van der Waals surface area contributed by atoms with Gasteiger partial charge in [0.15, 0.2) is 12.3 Å². The van der Waals surface area contributed by atoms with Crippen molar-refractivity contribution >= 4 is 8.25 Å². The van der Waals surface area contributed by atoms with Gasteiger partial charge in [0.2, 0.25) is 0 Å². The Hall–Kier alpha value is -1.46. The van der Waals surface area contributed by atoms with Crippen LogP contribution in [0.5, 0.6) is 0 Å². The molecule has 1 aromatic heterocycles. The Labute approximate surface area is 155 Å². The second kappa shape index (κ2) is 9.16. The van der Waals surface area contributed by atoms with Gasteiger partial charge in [-0.3, -0.25) is 14.3 Å². The minimum atomic E-state index is -3.02. The maximum Gasteiger partial charge on any atom is 0.695 e. The van der Waals surface area contributed by atoms with Crippen LogP contribution in [-0.4, -0.2) is 63.8 Å². The molecule has 12 heteroatoms. The lowest BCUT2D eigenvalue weighted by Gasteiger charge is -2.28. The van der Waals surface area contributed by atoms with Crippen LogP contribution in [0.4, 0.5) is 0 Å². The first-order valence-electron chi connectivity index (χ1n) is 8.29. The highest BCUT2D eigenvalue weighted by Crippen LogP contribution is 2.37. The van der Waals surface area contributed by atoms with Crippen LogP contribution in [0.2, 0.25) is 0 Å². The highest BCUT2D eigenvalue weighted by molar-refractivity contribution is 7.32.